The normalized spacial score (nSPS) is 14.9. The summed E-state index contributed by atoms with van der Waals surface area (Å²) in [6.45, 7) is 4.65. The molecule has 0 bridgehead atoms. The number of benzene rings is 2. The summed E-state index contributed by atoms with van der Waals surface area (Å²) in [5.41, 5.74) is 7.52. The van der Waals surface area contributed by atoms with Crippen LogP contribution in [0.3, 0.4) is 0 Å². The van der Waals surface area contributed by atoms with Crippen LogP contribution in [0, 0.1) is 0 Å². The lowest BCUT2D eigenvalue weighted by molar-refractivity contribution is -0.125. The molecule has 34 heavy (non-hydrogen) atoms. The van der Waals surface area contributed by atoms with Crippen molar-refractivity contribution in [1.82, 2.24) is 9.88 Å². The number of pyridine rings is 1. The number of ether oxygens (including phenoxy) is 1. The molecule has 172 valence electrons. The van der Waals surface area contributed by atoms with Crippen molar-refractivity contribution in [3.63, 3.8) is 0 Å². The summed E-state index contributed by atoms with van der Waals surface area (Å²) < 4.78 is 5.95. The number of aromatic nitrogens is 1. The van der Waals surface area contributed by atoms with Crippen LogP contribution in [-0.2, 0) is 4.79 Å². The van der Waals surface area contributed by atoms with Crippen molar-refractivity contribution in [3.05, 3.63) is 96.3 Å². The SMILES string of the molecule is C=CC(=O)N1CCC(c2cc(Oc3ccc(C(=O)Nc4ccccc4)cc3)c(C(N)=O)cn2)C1. The summed E-state index contributed by atoms with van der Waals surface area (Å²) in [4.78, 5) is 42.4. The van der Waals surface area contributed by atoms with Gasteiger partial charge in [-0.15, -0.1) is 0 Å². The molecule has 2 aromatic carbocycles. The lowest BCUT2D eigenvalue weighted by Gasteiger charge is -2.16. The Kier molecular flexibility index (Phi) is 6.68. The van der Waals surface area contributed by atoms with Crippen LogP contribution in [0.5, 0.6) is 11.5 Å². The standard InChI is InChI=1S/C26H24N4O4/c1-2-24(31)30-13-12-18(16-30)22-14-23(21(15-28-22)25(27)32)34-20-10-8-17(9-11-20)26(33)29-19-6-4-3-5-7-19/h2-11,14-15,18H,1,12-13,16H2,(H2,27,32)(H,29,33). The minimum absolute atomic E-state index is 0.0113. The highest BCUT2D eigenvalue weighted by molar-refractivity contribution is 6.04. The molecule has 3 aromatic rings. The van der Waals surface area contributed by atoms with Gasteiger partial charge in [-0.1, -0.05) is 24.8 Å². The molecule has 1 unspecified atom stereocenters. The van der Waals surface area contributed by atoms with Gasteiger partial charge in [0, 0.05) is 48.2 Å². The van der Waals surface area contributed by atoms with Gasteiger partial charge in [0.2, 0.25) is 5.91 Å². The van der Waals surface area contributed by atoms with E-state index < -0.39 is 5.91 Å². The number of carbonyl (C=O) groups excluding carboxylic acids is 3. The van der Waals surface area contributed by atoms with Crippen LogP contribution in [-0.4, -0.2) is 40.7 Å². The van der Waals surface area contributed by atoms with Crippen LogP contribution in [0.4, 0.5) is 5.69 Å². The van der Waals surface area contributed by atoms with Gasteiger partial charge in [-0.2, -0.15) is 0 Å². The summed E-state index contributed by atoms with van der Waals surface area (Å²) in [5, 5.41) is 2.82. The number of carbonyl (C=O) groups is 3. The molecule has 1 aromatic heterocycles. The molecule has 1 aliphatic rings. The first-order valence-electron chi connectivity index (χ1n) is 10.8. The van der Waals surface area contributed by atoms with Gasteiger partial charge in [0.15, 0.2) is 0 Å². The molecule has 4 rings (SSSR count). The van der Waals surface area contributed by atoms with Gasteiger partial charge in [-0.05, 0) is 48.9 Å². The van der Waals surface area contributed by atoms with E-state index in [1.165, 1.54) is 12.3 Å². The number of anilines is 1. The number of hydrogen-bond donors (Lipinski definition) is 2. The lowest BCUT2D eigenvalue weighted by atomic mass is 10.0. The number of rotatable bonds is 7. The highest BCUT2D eigenvalue weighted by Gasteiger charge is 2.28. The predicted molar refractivity (Wildman–Crippen MR) is 128 cm³/mol. The number of para-hydroxylation sites is 1. The van der Waals surface area contributed by atoms with E-state index in [-0.39, 0.29) is 29.0 Å². The summed E-state index contributed by atoms with van der Waals surface area (Å²) in [6.07, 6.45) is 3.43. The molecule has 1 aliphatic heterocycles. The van der Waals surface area contributed by atoms with Crippen molar-refractivity contribution < 1.29 is 19.1 Å². The van der Waals surface area contributed by atoms with Crippen molar-refractivity contribution in [2.24, 2.45) is 5.73 Å². The molecule has 1 atom stereocenters. The minimum Gasteiger partial charge on any atom is -0.456 e. The average Bonchev–Trinajstić information content (AvgIpc) is 3.35. The van der Waals surface area contributed by atoms with Crippen molar-refractivity contribution in [2.75, 3.05) is 18.4 Å². The van der Waals surface area contributed by atoms with Crippen molar-refractivity contribution in [1.29, 1.82) is 0 Å². The highest BCUT2D eigenvalue weighted by Crippen LogP contribution is 2.32. The first kappa shape index (κ1) is 22.7. The number of nitrogens with two attached hydrogens (primary N) is 1. The molecule has 1 saturated heterocycles. The molecular formula is C26H24N4O4. The maximum Gasteiger partial charge on any atom is 0.255 e. The fourth-order valence-corrected chi connectivity index (χ4v) is 3.80. The number of primary amides is 1. The van der Waals surface area contributed by atoms with E-state index in [0.29, 0.717) is 35.8 Å². The van der Waals surface area contributed by atoms with Gasteiger partial charge < -0.3 is 20.7 Å². The van der Waals surface area contributed by atoms with Crippen LogP contribution in [0.15, 0.2) is 79.5 Å². The first-order chi connectivity index (χ1) is 16.4. The maximum atomic E-state index is 12.5. The summed E-state index contributed by atoms with van der Waals surface area (Å²) in [5.74, 6) is -0.316. The van der Waals surface area contributed by atoms with Gasteiger partial charge in [0.1, 0.15) is 17.1 Å². The average molecular weight is 457 g/mol. The van der Waals surface area contributed by atoms with Gasteiger partial charge >= 0.3 is 0 Å². The Morgan fingerprint density at radius 2 is 1.85 bits per heavy atom. The summed E-state index contributed by atoms with van der Waals surface area (Å²) >= 11 is 0. The van der Waals surface area contributed by atoms with Crippen LogP contribution in [0.2, 0.25) is 0 Å². The van der Waals surface area contributed by atoms with Gasteiger partial charge in [0.05, 0.1) is 0 Å². The van der Waals surface area contributed by atoms with E-state index in [9.17, 15) is 14.4 Å². The van der Waals surface area contributed by atoms with Gasteiger partial charge in [-0.25, -0.2) is 0 Å². The van der Waals surface area contributed by atoms with E-state index >= 15 is 0 Å². The third-order valence-corrected chi connectivity index (χ3v) is 5.62. The van der Waals surface area contributed by atoms with E-state index in [1.54, 1.807) is 47.4 Å². The Morgan fingerprint density at radius 3 is 2.53 bits per heavy atom. The molecule has 8 heteroatoms. The number of likely N-dealkylation sites (tertiary alicyclic amines) is 1. The van der Waals surface area contributed by atoms with Crippen molar-refractivity contribution in [3.8, 4) is 11.5 Å². The second kappa shape index (κ2) is 9.99. The minimum atomic E-state index is -0.664. The summed E-state index contributed by atoms with van der Waals surface area (Å²) in [6, 6.07) is 17.4. The molecule has 0 radical (unpaired) electrons. The maximum absolute atomic E-state index is 12.5. The predicted octanol–water partition coefficient (Wildman–Crippen LogP) is 3.73. The fourth-order valence-electron chi connectivity index (χ4n) is 3.80. The molecule has 0 aliphatic carbocycles. The van der Waals surface area contributed by atoms with E-state index in [2.05, 4.69) is 16.9 Å². The van der Waals surface area contributed by atoms with Crippen LogP contribution in [0.1, 0.15) is 38.7 Å². The Hall–Kier alpha value is -4.46. The zero-order valence-corrected chi connectivity index (χ0v) is 18.4. The smallest absolute Gasteiger partial charge is 0.255 e. The highest BCUT2D eigenvalue weighted by atomic mass is 16.5. The number of nitrogens with zero attached hydrogens (tertiary/aromatic N) is 2. The van der Waals surface area contributed by atoms with Crippen molar-refractivity contribution in [2.45, 2.75) is 12.3 Å². The first-order valence-corrected chi connectivity index (χ1v) is 10.8. The molecule has 3 N–H and O–H groups in total. The Bertz CT molecular complexity index is 1230. The molecule has 0 saturated carbocycles. The zero-order valence-electron chi connectivity index (χ0n) is 18.4. The van der Waals surface area contributed by atoms with Crippen LogP contribution < -0.4 is 15.8 Å². The van der Waals surface area contributed by atoms with E-state index in [1.807, 2.05) is 18.2 Å². The number of amides is 3. The molecule has 0 spiro atoms. The molecule has 1 fully saturated rings. The Morgan fingerprint density at radius 1 is 1.12 bits per heavy atom. The second-order valence-corrected chi connectivity index (χ2v) is 7.89. The number of nitrogens with one attached hydrogen (secondary N) is 1. The van der Waals surface area contributed by atoms with Gasteiger partial charge in [-0.3, -0.25) is 19.4 Å². The lowest BCUT2D eigenvalue weighted by Crippen LogP contribution is -2.26. The Labute approximate surface area is 197 Å². The largest absolute Gasteiger partial charge is 0.456 e. The molecule has 8 nitrogen and oxygen atoms in total. The quantitative estimate of drug-likeness (QED) is 0.526. The molecule has 2 heterocycles. The topological polar surface area (TPSA) is 115 Å². The van der Waals surface area contributed by atoms with Crippen LogP contribution in [0.25, 0.3) is 0 Å². The van der Waals surface area contributed by atoms with Crippen LogP contribution >= 0.6 is 0 Å². The zero-order chi connectivity index (χ0) is 24.1. The van der Waals surface area contributed by atoms with E-state index in [4.69, 9.17) is 10.5 Å². The molecule has 3 amide bonds. The monoisotopic (exact) mass is 456 g/mol. The molecular weight excluding hydrogens is 432 g/mol. The number of hydrogen-bond acceptors (Lipinski definition) is 5. The summed E-state index contributed by atoms with van der Waals surface area (Å²) in [7, 11) is 0. The van der Waals surface area contributed by atoms with E-state index in [0.717, 1.165) is 6.42 Å². The Balaban J connectivity index is 1.50. The van der Waals surface area contributed by atoms with Crippen molar-refractivity contribution >= 4 is 23.4 Å². The fraction of sp³-hybridized carbons (Fsp3) is 0.154. The third-order valence-electron chi connectivity index (χ3n) is 5.62. The second-order valence-electron chi connectivity index (χ2n) is 7.89. The third kappa shape index (κ3) is 5.12. The van der Waals surface area contributed by atoms with Gasteiger partial charge in [0.25, 0.3) is 11.8 Å².